The number of hydrogen-bond acceptors (Lipinski definition) is 4. The highest BCUT2D eigenvalue weighted by molar-refractivity contribution is 9.10. The second-order valence-electron chi connectivity index (χ2n) is 9.68. The Morgan fingerprint density at radius 2 is 1.61 bits per heavy atom. The Hall–Kier alpha value is -2.39. The van der Waals surface area contributed by atoms with Crippen molar-refractivity contribution in [3.05, 3.63) is 63.6 Å². The number of carbonyl (C=O) groups is 2. The molecule has 0 spiro atoms. The van der Waals surface area contributed by atoms with Crippen LogP contribution in [-0.2, 0) is 26.2 Å². The van der Waals surface area contributed by atoms with E-state index in [1.54, 1.807) is 6.92 Å². The molecule has 1 saturated carbocycles. The first-order chi connectivity index (χ1) is 17.0. The molecule has 7 nitrogen and oxygen atoms in total. The molecule has 36 heavy (non-hydrogen) atoms. The number of carbonyl (C=O) groups excluding carboxylic acids is 2. The van der Waals surface area contributed by atoms with Crippen LogP contribution < -0.4 is 9.62 Å². The molecular weight excluding hydrogens is 542 g/mol. The Labute approximate surface area is 223 Å². The Bertz CT molecular complexity index is 1160. The summed E-state index contributed by atoms with van der Waals surface area (Å²) >= 11 is 3.42. The molecule has 2 amide bonds. The molecule has 196 valence electrons. The summed E-state index contributed by atoms with van der Waals surface area (Å²) in [6.07, 6.45) is 6.32. The van der Waals surface area contributed by atoms with Crippen LogP contribution in [0, 0.1) is 13.8 Å². The van der Waals surface area contributed by atoms with Crippen LogP contribution >= 0.6 is 15.9 Å². The number of aryl methyl sites for hydroxylation is 2. The standard InChI is InChI=1S/C27H36BrN3O4S/c1-19-9-8-10-20(2)26(19)31(36(4,34)35)18-25(32)30(17-22-13-15-23(28)16-14-22)21(3)27(33)29-24-11-6-5-7-12-24/h8-10,13-16,21,24H,5-7,11-12,17-18H2,1-4H3,(H,29,33)/t21-/m0/s1. The third kappa shape index (κ3) is 7.32. The van der Waals surface area contributed by atoms with Crippen molar-refractivity contribution in [3.8, 4) is 0 Å². The average Bonchev–Trinajstić information content (AvgIpc) is 2.82. The van der Waals surface area contributed by atoms with E-state index < -0.39 is 22.0 Å². The number of nitrogens with zero attached hydrogens (tertiary/aromatic N) is 2. The van der Waals surface area contributed by atoms with Crippen molar-refractivity contribution in [2.45, 2.75) is 71.5 Å². The van der Waals surface area contributed by atoms with Crippen LogP contribution in [0.15, 0.2) is 46.9 Å². The highest BCUT2D eigenvalue weighted by atomic mass is 79.9. The first kappa shape index (κ1) is 28.2. The number of benzene rings is 2. The predicted octanol–water partition coefficient (Wildman–Crippen LogP) is 4.70. The van der Waals surface area contributed by atoms with E-state index in [9.17, 15) is 18.0 Å². The summed E-state index contributed by atoms with van der Waals surface area (Å²) in [4.78, 5) is 28.4. The van der Waals surface area contributed by atoms with Gasteiger partial charge < -0.3 is 10.2 Å². The lowest BCUT2D eigenvalue weighted by Crippen LogP contribution is -2.53. The van der Waals surface area contributed by atoms with Crippen LogP contribution in [0.2, 0.25) is 0 Å². The Kier molecular flexibility index (Phi) is 9.58. The maximum absolute atomic E-state index is 13.7. The van der Waals surface area contributed by atoms with Crippen LogP contribution in [0.4, 0.5) is 5.69 Å². The minimum absolute atomic E-state index is 0.112. The number of anilines is 1. The lowest BCUT2D eigenvalue weighted by atomic mass is 9.95. The molecule has 1 fully saturated rings. The van der Waals surface area contributed by atoms with Crippen LogP contribution in [0.5, 0.6) is 0 Å². The zero-order chi connectivity index (χ0) is 26.5. The lowest BCUT2D eigenvalue weighted by Gasteiger charge is -2.33. The van der Waals surface area contributed by atoms with Crippen molar-refractivity contribution in [1.82, 2.24) is 10.2 Å². The number of para-hydroxylation sites is 1. The van der Waals surface area contributed by atoms with Gasteiger partial charge in [0.25, 0.3) is 0 Å². The fourth-order valence-electron chi connectivity index (χ4n) is 4.71. The zero-order valence-corrected chi connectivity index (χ0v) is 23.9. The topological polar surface area (TPSA) is 86.8 Å². The van der Waals surface area contributed by atoms with E-state index in [1.807, 2.05) is 56.3 Å². The molecular formula is C27H36BrN3O4S. The van der Waals surface area contributed by atoms with Crippen molar-refractivity contribution < 1.29 is 18.0 Å². The van der Waals surface area contributed by atoms with E-state index in [4.69, 9.17) is 0 Å². The highest BCUT2D eigenvalue weighted by Gasteiger charge is 2.32. The molecule has 2 aromatic carbocycles. The van der Waals surface area contributed by atoms with Gasteiger partial charge in [-0.3, -0.25) is 13.9 Å². The molecule has 2 aromatic rings. The quantitative estimate of drug-likeness (QED) is 0.468. The van der Waals surface area contributed by atoms with Gasteiger partial charge in [0, 0.05) is 17.1 Å². The van der Waals surface area contributed by atoms with Gasteiger partial charge in [-0.05, 0) is 62.4 Å². The summed E-state index contributed by atoms with van der Waals surface area (Å²) in [5.41, 5.74) is 2.87. The summed E-state index contributed by atoms with van der Waals surface area (Å²) in [5.74, 6) is -0.650. The van der Waals surface area contributed by atoms with Gasteiger partial charge >= 0.3 is 0 Å². The Morgan fingerprint density at radius 3 is 2.17 bits per heavy atom. The third-order valence-electron chi connectivity index (χ3n) is 6.75. The number of amides is 2. The molecule has 1 N–H and O–H groups in total. The summed E-state index contributed by atoms with van der Waals surface area (Å²) < 4.78 is 27.7. The number of hydrogen-bond donors (Lipinski definition) is 1. The summed E-state index contributed by atoms with van der Waals surface area (Å²) in [5, 5.41) is 3.11. The van der Waals surface area contributed by atoms with Crippen molar-refractivity contribution in [2.24, 2.45) is 0 Å². The summed E-state index contributed by atoms with van der Waals surface area (Å²) in [7, 11) is -3.76. The number of sulfonamides is 1. The normalized spacial score (nSPS) is 15.2. The van der Waals surface area contributed by atoms with E-state index in [0.29, 0.717) is 5.69 Å². The molecule has 0 aliphatic heterocycles. The second kappa shape index (κ2) is 12.2. The maximum Gasteiger partial charge on any atom is 0.244 e. The van der Waals surface area contributed by atoms with Gasteiger partial charge in [0.1, 0.15) is 12.6 Å². The zero-order valence-electron chi connectivity index (χ0n) is 21.5. The van der Waals surface area contributed by atoms with Crippen molar-refractivity contribution >= 4 is 43.5 Å². The fourth-order valence-corrected chi connectivity index (χ4v) is 5.94. The van der Waals surface area contributed by atoms with Crippen LogP contribution in [0.1, 0.15) is 55.7 Å². The van der Waals surface area contributed by atoms with E-state index in [-0.39, 0.29) is 25.0 Å². The maximum atomic E-state index is 13.7. The first-order valence-corrected chi connectivity index (χ1v) is 15.0. The molecule has 1 atom stereocenters. The van der Waals surface area contributed by atoms with Gasteiger partial charge in [-0.25, -0.2) is 8.42 Å². The molecule has 0 bridgehead atoms. The monoisotopic (exact) mass is 577 g/mol. The summed E-state index contributed by atoms with van der Waals surface area (Å²) in [6, 6.07) is 12.4. The second-order valence-corrected chi connectivity index (χ2v) is 12.5. The lowest BCUT2D eigenvalue weighted by molar-refractivity contribution is -0.139. The molecule has 1 aliphatic carbocycles. The Morgan fingerprint density at radius 1 is 1.03 bits per heavy atom. The highest BCUT2D eigenvalue weighted by Crippen LogP contribution is 2.27. The average molecular weight is 579 g/mol. The van der Waals surface area contributed by atoms with Crippen LogP contribution in [-0.4, -0.2) is 50.0 Å². The van der Waals surface area contributed by atoms with Crippen LogP contribution in [0.25, 0.3) is 0 Å². The number of rotatable bonds is 9. The van der Waals surface area contributed by atoms with Gasteiger partial charge in [0.15, 0.2) is 0 Å². The minimum Gasteiger partial charge on any atom is -0.352 e. The molecule has 0 radical (unpaired) electrons. The number of halogens is 1. The molecule has 3 rings (SSSR count). The first-order valence-electron chi connectivity index (χ1n) is 12.4. The SMILES string of the molecule is Cc1cccc(C)c1N(CC(=O)N(Cc1ccc(Br)cc1)[C@@H](C)C(=O)NC1CCCCC1)S(C)(=O)=O. The van der Waals surface area contributed by atoms with Crippen molar-refractivity contribution in [3.63, 3.8) is 0 Å². The van der Waals surface area contributed by atoms with Crippen molar-refractivity contribution in [1.29, 1.82) is 0 Å². The molecule has 0 saturated heterocycles. The van der Waals surface area contributed by atoms with Gasteiger partial charge in [-0.1, -0.05) is 65.5 Å². The predicted molar refractivity (Wildman–Crippen MR) is 147 cm³/mol. The summed E-state index contributed by atoms with van der Waals surface area (Å²) in [6.45, 7) is 5.16. The van der Waals surface area contributed by atoms with E-state index in [0.717, 1.165) is 57.4 Å². The van der Waals surface area contributed by atoms with E-state index in [1.165, 1.54) is 11.3 Å². The van der Waals surface area contributed by atoms with Gasteiger partial charge in [-0.2, -0.15) is 0 Å². The Balaban J connectivity index is 1.90. The van der Waals surface area contributed by atoms with Gasteiger partial charge in [0.05, 0.1) is 11.9 Å². The smallest absolute Gasteiger partial charge is 0.244 e. The van der Waals surface area contributed by atoms with E-state index >= 15 is 0 Å². The molecule has 0 heterocycles. The third-order valence-corrected chi connectivity index (χ3v) is 8.39. The number of nitrogens with one attached hydrogen (secondary N) is 1. The minimum atomic E-state index is -3.76. The van der Waals surface area contributed by atoms with Crippen LogP contribution in [0.3, 0.4) is 0 Å². The van der Waals surface area contributed by atoms with E-state index in [2.05, 4.69) is 21.2 Å². The van der Waals surface area contributed by atoms with Gasteiger partial charge in [0.2, 0.25) is 21.8 Å². The molecule has 1 aliphatic rings. The molecule has 0 aromatic heterocycles. The molecule has 0 unspecified atom stereocenters. The fraction of sp³-hybridized carbons (Fsp3) is 0.481. The largest absolute Gasteiger partial charge is 0.352 e. The van der Waals surface area contributed by atoms with Gasteiger partial charge in [-0.15, -0.1) is 0 Å². The molecule has 9 heteroatoms. The van der Waals surface area contributed by atoms with Crippen molar-refractivity contribution in [2.75, 3.05) is 17.1 Å².